The molecule has 1 rings (SSSR count). The van der Waals surface area contributed by atoms with Gasteiger partial charge in [-0.2, -0.15) is 0 Å². The minimum Gasteiger partial charge on any atom is -0.393 e. The van der Waals surface area contributed by atoms with Crippen molar-refractivity contribution in [1.82, 2.24) is 0 Å². The van der Waals surface area contributed by atoms with Gasteiger partial charge in [0.05, 0.1) is 6.10 Å². The summed E-state index contributed by atoms with van der Waals surface area (Å²) in [7, 11) is 0. The van der Waals surface area contributed by atoms with Crippen LogP contribution in [0.15, 0.2) is 0 Å². The Morgan fingerprint density at radius 2 is 1.62 bits per heavy atom. The van der Waals surface area contributed by atoms with Crippen LogP contribution in [0.2, 0.25) is 0 Å². The first-order chi connectivity index (χ1) is 6.15. The number of aliphatic hydroxyl groups excluding tert-OH is 1. The second-order valence-corrected chi connectivity index (χ2v) is 4.16. The lowest BCUT2D eigenvalue weighted by molar-refractivity contribution is 0.0264. The van der Waals surface area contributed by atoms with Crippen LogP contribution in [0.1, 0.15) is 53.9 Å². The Morgan fingerprint density at radius 1 is 1.08 bits per heavy atom. The Hall–Kier alpha value is -0.0400. The normalized spacial score (nSPS) is 39.2. The zero-order valence-corrected chi connectivity index (χ0v) is 9.88. The summed E-state index contributed by atoms with van der Waals surface area (Å²) < 4.78 is 0. The maximum atomic E-state index is 9.60. The molecule has 1 aliphatic rings. The Labute approximate surface area is 83.5 Å². The van der Waals surface area contributed by atoms with Crippen molar-refractivity contribution >= 4 is 0 Å². The summed E-state index contributed by atoms with van der Waals surface area (Å²) >= 11 is 0. The zero-order valence-electron chi connectivity index (χ0n) is 9.88. The quantitative estimate of drug-likeness (QED) is 0.665. The van der Waals surface area contributed by atoms with Gasteiger partial charge >= 0.3 is 0 Å². The molecule has 0 aromatic heterocycles. The third kappa shape index (κ3) is 3.68. The first kappa shape index (κ1) is 13.0. The van der Waals surface area contributed by atoms with Crippen molar-refractivity contribution in [2.24, 2.45) is 17.8 Å². The average molecular weight is 186 g/mol. The van der Waals surface area contributed by atoms with Gasteiger partial charge < -0.3 is 5.11 Å². The van der Waals surface area contributed by atoms with Gasteiger partial charge in [0.25, 0.3) is 0 Å². The van der Waals surface area contributed by atoms with Gasteiger partial charge in [-0.3, -0.25) is 0 Å². The molecule has 1 nitrogen and oxygen atoms in total. The molecule has 0 saturated heterocycles. The van der Waals surface area contributed by atoms with Crippen molar-refractivity contribution in [3.05, 3.63) is 0 Å². The molecule has 0 aromatic carbocycles. The topological polar surface area (TPSA) is 20.2 Å². The molecule has 4 unspecified atom stereocenters. The van der Waals surface area contributed by atoms with Gasteiger partial charge in [-0.1, -0.05) is 41.0 Å². The van der Waals surface area contributed by atoms with Crippen LogP contribution in [0, 0.1) is 17.8 Å². The summed E-state index contributed by atoms with van der Waals surface area (Å²) in [5, 5.41) is 9.60. The molecule has 0 aliphatic heterocycles. The predicted molar refractivity (Wildman–Crippen MR) is 58.7 cm³/mol. The van der Waals surface area contributed by atoms with Crippen molar-refractivity contribution in [1.29, 1.82) is 0 Å². The predicted octanol–water partition coefficient (Wildman–Crippen LogP) is 3.47. The molecule has 0 bridgehead atoms. The maximum absolute atomic E-state index is 9.60. The summed E-state index contributed by atoms with van der Waals surface area (Å²) in [5.74, 6) is 2.10. The van der Waals surface area contributed by atoms with E-state index in [0.29, 0.717) is 5.92 Å². The van der Waals surface area contributed by atoms with Crippen LogP contribution in [0.3, 0.4) is 0 Å². The first-order valence-electron chi connectivity index (χ1n) is 5.83. The van der Waals surface area contributed by atoms with E-state index in [0.717, 1.165) is 18.3 Å². The van der Waals surface area contributed by atoms with Gasteiger partial charge in [0.2, 0.25) is 0 Å². The third-order valence-corrected chi connectivity index (χ3v) is 3.27. The molecule has 80 valence electrons. The van der Waals surface area contributed by atoms with E-state index in [1.54, 1.807) is 0 Å². The lowest BCUT2D eigenvalue weighted by Gasteiger charge is -2.35. The van der Waals surface area contributed by atoms with Crippen molar-refractivity contribution < 1.29 is 5.11 Å². The molecule has 0 heterocycles. The van der Waals surface area contributed by atoms with E-state index in [1.807, 2.05) is 13.8 Å². The summed E-state index contributed by atoms with van der Waals surface area (Å²) in [6.07, 6.45) is 3.43. The molecular formula is C12H26O. The van der Waals surface area contributed by atoms with Crippen molar-refractivity contribution in [3.8, 4) is 0 Å². The Balaban J connectivity index is 0.000000671. The van der Waals surface area contributed by atoms with E-state index >= 15 is 0 Å². The van der Waals surface area contributed by atoms with Crippen molar-refractivity contribution in [2.45, 2.75) is 60.0 Å². The number of hydrogen-bond acceptors (Lipinski definition) is 1. The van der Waals surface area contributed by atoms with Crippen LogP contribution in [0.25, 0.3) is 0 Å². The van der Waals surface area contributed by atoms with E-state index in [-0.39, 0.29) is 6.10 Å². The highest BCUT2D eigenvalue weighted by atomic mass is 16.3. The number of aliphatic hydroxyl groups is 1. The third-order valence-electron chi connectivity index (χ3n) is 3.27. The van der Waals surface area contributed by atoms with Crippen LogP contribution in [-0.2, 0) is 0 Å². The van der Waals surface area contributed by atoms with Crippen molar-refractivity contribution in [3.63, 3.8) is 0 Å². The lowest BCUT2D eigenvalue weighted by Crippen LogP contribution is -2.32. The Bertz CT molecular complexity index is 122. The van der Waals surface area contributed by atoms with Gasteiger partial charge in [-0.15, -0.1) is 0 Å². The van der Waals surface area contributed by atoms with Crippen LogP contribution in [-0.4, -0.2) is 11.2 Å². The maximum Gasteiger partial charge on any atom is 0.0568 e. The van der Waals surface area contributed by atoms with Gasteiger partial charge in [-0.05, 0) is 30.6 Å². The summed E-state index contributed by atoms with van der Waals surface area (Å²) in [5.41, 5.74) is 0. The molecule has 1 heteroatoms. The fourth-order valence-electron chi connectivity index (χ4n) is 2.28. The average Bonchev–Trinajstić information content (AvgIpc) is 2.15. The molecule has 4 atom stereocenters. The molecule has 0 spiro atoms. The van der Waals surface area contributed by atoms with Crippen molar-refractivity contribution in [2.75, 3.05) is 0 Å². The van der Waals surface area contributed by atoms with E-state index in [1.165, 1.54) is 12.8 Å². The second kappa shape index (κ2) is 6.42. The van der Waals surface area contributed by atoms with Crippen LogP contribution >= 0.6 is 0 Å². The molecule has 1 aliphatic carbocycles. The zero-order chi connectivity index (χ0) is 10.4. The summed E-state index contributed by atoms with van der Waals surface area (Å²) in [6.45, 7) is 10.7. The van der Waals surface area contributed by atoms with E-state index < -0.39 is 0 Å². The van der Waals surface area contributed by atoms with Crippen LogP contribution < -0.4 is 0 Å². The fraction of sp³-hybridized carbons (Fsp3) is 1.00. The standard InChI is InChI=1S/C10H20O.C2H6/c1-4-9-6-10(11)8(3)5-7(9)2;1-2/h7-11H,4-6H2,1-3H3;1-2H3. The van der Waals surface area contributed by atoms with E-state index in [4.69, 9.17) is 0 Å². The lowest BCUT2D eigenvalue weighted by atomic mass is 9.73. The SMILES string of the molecule is CC.CCC1CC(O)C(C)CC1C. The molecular weight excluding hydrogens is 160 g/mol. The molecule has 13 heavy (non-hydrogen) atoms. The Kier molecular flexibility index (Phi) is 6.40. The van der Waals surface area contributed by atoms with Crippen LogP contribution in [0.4, 0.5) is 0 Å². The largest absolute Gasteiger partial charge is 0.393 e. The fourth-order valence-corrected chi connectivity index (χ4v) is 2.28. The summed E-state index contributed by atoms with van der Waals surface area (Å²) in [6, 6.07) is 0. The van der Waals surface area contributed by atoms with E-state index in [2.05, 4.69) is 20.8 Å². The smallest absolute Gasteiger partial charge is 0.0568 e. The molecule has 1 saturated carbocycles. The monoisotopic (exact) mass is 186 g/mol. The second-order valence-electron chi connectivity index (χ2n) is 4.16. The molecule has 1 fully saturated rings. The van der Waals surface area contributed by atoms with Gasteiger partial charge in [0.15, 0.2) is 0 Å². The van der Waals surface area contributed by atoms with Gasteiger partial charge in [0, 0.05) is 0 Å². The molecule has 0 radical (unpaired) electrons. The van der Waals surface area contributed by atoms with Crippen LogP contribution in [0.5, 0.6) is 0 Å². The molecule has 1 N–H and O–H groups in total. The Morgan fingerprint density at radius 3 is 2.08 bits per heavy atom. The highest BCUT2D eigenvalue weighted by Crippen LogP contribution is 2.35. The number of rotatable bonds is 1. The highest BCUT2D eigenvalue weighted by Gasteiger charge is 2.29. The number of hydrogen-bond donors (Lipinski definition) is 1. The summed E-state index contributed by atoms with van der Waals surface area (Å²) in [4.78, 5) is 0. The van der Waals surface area contributed by atoms with Gasteiger partial charge in [0.1, 0.15) is 0 Å². The molecule has 0 aromatic rings. The molecule has 0 amide bonds. The first-order valence-corrected chi connectivity index (χ1v) is 5.83. The minimum absolute atomic E-state index is 0.0313. The van der Waals surface area contributed by atoms with E-state index in [9.17, 15) is 5.11 Å². The van der Waals surface area contributed by atoms with Gasteiger partial charge in [-0.25, -0.2) is 0 Å². The minimum atomic E-state index is -0.0313. The highest BCUT2D eigenvalue weighted by molar-refractivity contribution is 4.80.